The molecule has 2 fully saturated rings. The normalized spacial score (nSPS) is 16.9. The SMILES string of the molecule is CC(CN)O[SiH2]Oc1ccc(N)cc1.CCC(N)CO[SiH2]C.CCC(N)CO[SiH2]C.CCC1CO[Si]2(OCC(CN)O2)O1.C[SiH2]OC(C)CN.C[SiH2]OC(C)CN.C[SiH2]OCC(C)(C)N.C[SiH2]OCC(C)(C)N.C[SiH2]OCC(C)N.C[SiH2]OCC(C)N.C[SiH2]OCCN.C[SiH2]OCCN.Cc1ccc(O[Si](C)(OCC(C)N)Oc2ccc(N)cc2)cc1.NCCO[SiH2]Oc1ccc(N)cc1. The quantitative estimate of drug-likeness (QED) is 0.0127. The van der Waals surface area contributed by atoms with Gasteiger partial charge in [0.1, 0.15) is 23.0 Å². The van der Waals surface area contributed by atoms with Gasteiger partial charge in [-0.15, -0.1) is 0 Å². The third-order valence-electron chi connectivity index (χ3n) is 15.7. The van der Waals surface area contributed by atoms with Crippen LogP contribution in [0.25, 0.3) is 0 Å². The van der Waals surface area contributed by atoms with Crippen molar-refractivity contribution in [2.45, 2.75) is 260 Å². The Bertz CT molecular complexity index is 2890. The zero-order chi connectivity index (χ0) is 105. The number of hydrogen-bond acceptors (Lipinski definition) is 38. The van der Waals surface area contributed by atoms with Crippen LogP contribution in [-0.4, -0.2) is 332 Å². The number of nitrogens with two attached hydrogens (primary N) is 17. The van der Waals surface area contributed by atoms with Crippen LogP contribution in [0.3, 0.4) is 0 Å². The van der Waals surface area contributed by atoms with Gasteiger partial charge in [0.25, 0.3) is 0 Å². The monoisotopic (exact) mass is 2170 g/mol. The van der Waals surface area contributed by atoms with Crippen LogP contribution in [0.1, 0.15) is 115 Å². The molecule has 2 saturated heterocycles. The van der Waals surface area contributed by atoms with Gasteiger partial charge in [-0.05, 0) is 180 Å². The number of anilines is 3. The molecule has 2 heterocycles. The van der Waals surface area contributed by atoms with E-state index in [1.807, 2.05) is 131 Å². The first-order valence-electron chi connectivity index (χ1n) is 47.8. The minimum Gasteiger partial charge on any atom is -0.525 e. The molecule has 1 spiro atoms. The van der Waals surface area contributed by atoms with Crippen LogP contribution in [0, 0.1) is 6.92 Å². The number of aryl methyl sites for hydroxylation is 1. The van der Waals surface area contributed by atoms with Crippen LogP contribution >= 0.6 is 0 Å². The highest BCUT2D eigenvalue weighted by molar-refractivity contribution is 6.60. The topological polar surface area (TPSA) is 636 Å². The van der Waals surface area contributed by atoms with Crippen molar-refractivity contribution >= 4 is 153 Å². The van der Waals surface area contributed by atoms with Gasteiger partial charge in [-0.25, -0.2) is 0 Å². The summed E-state index contributed by atoms with van der Waals surface area (Å²) in [7, 11) is -9.72. The van der Waals surface area contributed by atoms with Crippen LogP contribution in [-0.2, 0) is 75.2 Å². The van der Waals surface area contributed by atoms with Crippen molar-refractivity contribution in [1.82, 2.24) is 0 Å². The lowest BCUT2D eigenvalue weighted by atomic mass is 10.1. The largest absolute Gasteiger partial charge is 0.680 e. The Morgan fingerprint density at radius 2 is 0.696 bits per heavy atom. The second-order valence-corrected chi connectivity index (χ2v) is 47.7. The maximum absolute atomic E-state index is 6.05. The van der Waals surface area contributed by atoms with E-state index in [1.54, 1.807) is 48.5 Å². The fourth-order valence-corrected chi connectivity index (χ4v) is 20.1. The second kappa shape index (κ2) is 104. The Kier molecular flexibility index (Phi) is 114. The zero-order valence-corrected chi connectivity index (χ0v) is 107. The van der Waals surface area contributed by atoms with E-state index in [0.717, 1.165) is 87.3 Å². The third kappa shape index (κ3) is 113. The molecule has 2 aliphatic heterocycles. The van der Waals surface area contributed by atoms with Gasteiger partial charge >= 0.3 is 37.9 Å². The van der Waals surface area contributed by atoms with Crippen molar-refractivity contribution in [2.24, 2.45) is 80.3 Å². The summed E-state index contributed by atoms with van der Waals surface area (Å²) in [5.74, 6) is 2.98. The van der Waals surface area contributed by atoms with E-state index in [0.29, 0.717) is 103 Å². The molecular weight excluding hydrogens is 1960 g/mol. The van der Waals surface area contributed by atoms with E-state index >= 15 is 0 Å². The van der Waals surface area contributed by atoms with E-state index in [9.17, 15) is 0 Å². The molecule has 12 unspecified atom stereocenters. The van der Waals surface area contributed by atoms with Crippen molar-refractivity contribution in [3.8, 4) is 23.0 Å². The fourth-order valence-electron chi connectivity index (χ4n) is 8.26. The minimum atomic E-state index is -2.95. The van der Waals surface area contributed by atoms with E-state index in [-0.39, 0.29) is 169 Å². The summed E-state index contributed by atoms with van der Waals surface area (Å²) in [5, 5.41) is 0. The summed E-state index contributed by atoms with van der Waals surface area (Å²) in [5.41, 5.74) is 95.5. The molecule has 52 heteroatoms. The molecule has 0 aliphatic carbocycles. The van der Waals surface area contributed by atoms with Crippen LogP contribution < -0.4 is 115 Å². The Hall–Kier alpha value is -2.72. The Morgan fingerprint density at radius 1 is 0.393 bits per heavy atom. The Labute approximate surface area is 848 Å². The van der Waals surface area contributed by atoms with Gasteiger partial charge in [0.2, 0.25) is 0 Å². The van der Waals surface area contributed by atoms with Crippen LogP contribution in [0.15, 0.2) is 97.1 Å². The van der Waals surface area contributed by atoms with Crippen molar-refractivity contribution in [3.05, 3.63) is 103 Å². The van der Waals surface area contributed by atoms with E-state index in [2.05, 4.69) is 86.2 Å². The smallest absolute Gasteiger partial charge is 0.525 e. The van der Waals surface area contributed by atoms with E-state index in [1.165, 1.54) is 0 Å². The molecule has 0 bridgehead atoms. The number of nitrogen functional groups attached to an aromatic ring is 3. The summed E-state index contributed by atoms with van der Waals surface area (Å²) < 4.78 is 113. The molecule has 34 N–H and O–H groups in total. The van der Waals surface area contributed by atoms with Gasteiger partial charge in [0.15, 0.2) is 97.6 Å². The summed E-state index contributed by atoms with van der Waals surface area (Å²) in [6.07, 6.45) is 3.70. The van der Waals surface area contributed by atoms with Gasteiger partial charge in [-0.3, -0.25) is 0 Å². The lowest BCUT2D eigenvalue weighted by Crippen LogP contribution is -2.50. The van der Waals surface area contributed by atoms with Crippen molar-refractivity contribution in [3.63, 3.8) is 0 Å². The van der Waals surface area contributed by atoms with Gasteiger partial charge in [0, 0.05) is 157 Å². The predicted molar refractivity (Wildman–Crippen MR) is 605 cm³/mol. The summed E-state index contributed by atoms with van der Waals surface area (Å²) in [6.45, 7) is 62.8. The number of benzene rings is 4. The van der Waals surface area contributed by atoms with Crippen LogP contribution in [0.2, 0.25) is 72.0 Å². The number of rotatable bonds is 51. The van der Waals surface area contributed by atoms with Gasteiger partial charge in [-0.2, -0.15) is 0 Å². The molecule has 802 valence electrons. The maximum Gasteiger partial charge on any atom is 0.680 e. The second-order valence-electron chi connectivity index (χ2n) is 31.7. The molecule has 12 atom stereocenters. The van der Waals surface area contributed by atoms with Crippen LogP contribution in [0.4, 0.5) is 17.1 Å². The molecular formula is C83H203N17O21Si14. The first-order chi connectivity index (χ1) is 63.9. The highest BCUT2D eigenvalue weighted by atomic mass is 28.4. The van der Waals surface area contributed by atoms with Crippen molar-refractivity contribution < 1.29 is 92.9 Å². The molecule has 0 amide bonds. The highest BCUT2D eigenvalue weighted by Crippen LogP contribution is 2.29. The average molecular weight is 2170 g/mol. The standard InChI is InChI=1S/C17H24N2O3Si.C9H16N2O2Si.C8H14N2O2Si.C7H15NO4Si.4C5H15NOSi.4C4H13NOSi.2C3H11NOSi/c1-13-4-8-16(9-5-13)21-23(3,20-12-14(2)18)22-17-10-6-15(19)7-11-17;1-7(6-10)12-14-13-9-4-2-8(11)3-5-9;9-5-6-11-13-12-8-3-1-7(10)2-4-8;1-2-6-4-9-13(11-6)10-5-7(3-8)12-13;2*1-5(2,6)4-7-8-3;2*1-3-5(6)4-7-8-2;2*1-4(5)3-6-7-2;2*1-4(3-5)6-7-2;2*1-6-5-3-2-4/h4-11,14H,12,18-19H2,1-3H3;2-5,7H,6,10-11,14H2,1H3;1-4H,5-6,9-10,13H2;6-7H,2-5,8H2,1H3;2*4,6,8H2,1-3H3;2*5H,3-4,6,8H2,1-2H3;4*4H,3,5,7H2,1-2H3;2*2-4,6H2,1H3. The lowest BCUT2D eigenvalue weighted by molar-refractivity contribution is 0.0779. The van der Waals surface area contributed by atoms with Crippen molar-refractivity contribution in [1.29, 1.82) is 0 Å². The van der Waals surface area contributed by atoms with E-state index < -0.39 is 37.9 Å². The molecule has 0 radical (unpaired) electrons. The third-order valence-corrected chi connectivity index (χ3v) is 29.0. The molecule has 135 heavy (non-hydrogen) atoms. The summed E-state index contributed by atoms with van der Waals surface area (Å²) in [6, 6.07) is 30.3. The molecule has 4 aromatic rings. The molecule has 6 rings (SSSR count). The molecule has 0 saturated carbocycles. The average Bonchev–Trinajstić information content (AvgIpc) is 1.65. The van der Waals surface area contributed by atoms with Crippen LogP contribution in [0.5, 0.6) is 23.0 Å². The number of hydrogen-bond donors (Lipinski definition) is 17. The Morgan fingerprint density at radius 3 is 0.948 bits per heavy atom. The maximum atomic E-state index is 6.05. The van der Waals surface area contributed by atoms with E-state index in [4.69, 9.17) is 190 Å². The van der Waals surface area contributed by atoms with Gasteiger partial charge in [-0.1, -0.05) is 104 Å². The predicted octanol–water partition coefficient (Wildman–Crippen LogP) is -2.17. The molecule has 0 aromatic heterocycles. The fraction of sp³-hybridized carbons (Fsp3) is 0.711. The summed E-state index contributed by atoms with van der Waals surface area (Å²) >= 11 is 0. The van der Waals surface area contributed by atoms with Gasteiger partial charge in [0.05, 0.1) is 63.6 Å². The molecule has 2 aliphatic rings. The minimum absolute atomic E-state index is 0.0535. The Balaban J connectivity index is -0.000000219. The first-order valence-corrected chi connectivity index (χ1v) is 73.8. The van der Waals surface area contributed by atoms with Crippen molar-refractivity contribution in [2.75, 3.05) is 142 Å². The molecule has 4 aromatic carbocycles. The lowest BCUT2D eigenvalue weighted by Gasteiger charge is -2.28. The first kappa shape index (κ1) is 148. The molecule has 38 nitrogen and oxygen atoms in total. The van der Waals surface area contributed by atoms with Gasteiger partial charge < -0.3 is 190 Å². The highest BCUT2D eigenvalue weighted by Gasteiger charge is 2.58. The summed E-state index contributed by atoms with van der Waals surface area (Å²) in [4.78, 5) is 0. The zero-order valence-electron chi connectivity index (χ0n) is 88.4.